The summed E-state index contributed by atoms with van der Waals surface area (Å²) in [5.74, 6) is -0.909. The maximum atomic E-state index is 12.0. The van der Waals surface area contributed by atoms with Gasteiger partial charge >= 0.3 is 5.97 Å². The lowest BCUT2D eigenvalue weighted by Gasteiger charge is -2.07. The highest BCUT2D eigenvalue weighted by atomic mass is 35.5. The van der Waals surface area contributed by atoms with Gasteiger partial charge in [0.25, 0.3) is 0 Å². The first-order valence-corrected chi connectivity index (χ1v) is 7.81. The van der Waals surface area contributed by atoms with Crippen LogP contribution in [0.1, 0.15) is 13.3 Å². The van der Waals surface area contributed by atoms with E-state index in [2.05, 4.69) is 6.58 Å². The molecule has 0 atom stereocenters. The van der Waals surface area contributed by atoms with Gasteiger partial charge in [-0.15, -0.1) is 0 Å². The number of esters is 1. The van der Waals surface area contributed by atoms with Crippen molar-refractivity contribution in [2.75, 3.05) is 12.4 Å². The Labute approximate surface area is 122 Å². The van der Waals surface area contributed by atoms with Crippen LogP contribution < -0.4 is 0 Å². The van der Waals surface area contributed by atoms with Crippen LogP contribution in [0, 0.1) is 0 Å². The third-order valence-corrected chi connectivity index (χ3v) is 4.52. The number of phenols is 1. The van der Waals surface area contributed by atoms with Crippen molar-refractivity contribution in [3.63, 3.8) is 0 Å². The first-order chi connectivity index (χ1) is 9.24. The number of rotatable bonds is 6. The maximum Gasteiger partial charge on any atom is 0.333 e. The van der Waals surface area contributed by atoms with Gasteiger partial charge in [0.1, 0.15) is 5.75 Å². The summed E-state index contributed by atoms with van der Waals surface area (Å²) in [5.41, 5.74) is 0.262. The second-order valence-corrected chi connectivity index (χ2v) is 6.72. The van der Waals surface area contributed by atoms with E-state index in [0.29, 0.717) is 0 Å². The van der Waals surface area contributed by atoms with Gasteiger partial charge in [-0.25, -0.2) is 13.2 Å². The van der Waals surface area contributed by atoms with Gasteiger partial charge in [-0.05, 0) is 31.5 Å². The standard InChI is InChI=1S/C13H15ClO5S/c1-9(2)13(16)19-6-3-7-20(17,18)10-4-5-12(15)11(14)8-10/h4-5,8,15H,1,3,6-7H2,2H3. The molecule has 1 aromatic carbocycles. The fourth-order valence-electron chi connectivity index (χ4n) is 1.34. The molecule has 0 aromatic heterocycles. The molecule has 1 aromatic rings. The van der Waals surface area contributed by atoms with Gasteiger partial charge in [-0.3, -0.25) is 0 Å². The molecule has 5 nitrogen and oxygen atoms in total. The SMILES string of the molecule is C=C(C)C(=O)OCCCS(=O)(=O)c1ccc(O)c(Cl)c1. The van der Waals surface area contributed by atoms with E-state index >= 15 is 0 Å². The Kier molecular flexibility index (Phi) is 5.59. The van der Waals surface area contributed by atoms with Gasteiger partial charge in [0.2, 0.25) is 0 Å². The molecular weight excluding hydrogens is 304 g/mol. The highest BCUT2D eigenvalue weighted by molar-refractivity contribution is 7.91. The minimum Gasteiger partial charge on any atom is -0.506 e. The Hall–Kier alpha value is -1.53. The van der Waals surface area contributed by atoms with E-state index in [-0.39, 0.29) is 40.0 Å². The number of hydrogen-bond acceptors (Lipinski definition) is 5. The minimum absolute atomic E-state index is 0.00324. The van der Waals surface area contributed by atoms with Gasteiger partial charge in [0.15, 0.2) is 9.84 Å². The summed E-state index contributed by atoms with van der Waals surface area (Å²) in [6.07, 6.45) is 0.167. The zero-order valence-electron chi connectivity index (χ0n) is 10.9. The predicted molar refractivity (Wildman–Crippen MR) is 75.6 cm³/mol. The number of carbonyl (C=O) groups is 1. The quantitative estimate of drug-likeness (QED) is 0.494. The van der Waals surface area contributed by atoms with Crippen molar-refractivity contribution in [1.82, 2.24) is 0 Å². The van der Waals surface area contributed by atoms with E-state index in [1.165, 1.54) is 25.1 Å². The molecule has 0 bridgehead atoms. The van der Waals surface area contributed by atoms with Crippen LogP contribution in [0.2, 0.25) is 5.02 Å². The van der Waals surface area contributed by atoms with E-state index in [1.807, 2.05) is 0 Å². The van der Waals surface area contributed by atoms with Crippen molar-refractivity contribution in [3.8, 4) is 5.75 Å². The number of benzene rings is 1. The molecule has 0 saturated carbocycles. The maximum absolute atomic E-state index is 12.0. The van der Waals surface area contributed by atoms with Crippen molar-refractivity contribution in [2.45, 2.75) is 18.2 Å². The zero-order chi connectivity index (χ0) is 15.3. The third-order valence-electron chi connectivity index (χ3n) is 2.42. The van der Waals surface area contributed by atoms with Crippen molar-refractivity contribution < 1.29 is 23.1 Å². The molecule has 0 spiro atoms. The third kappa shape index (κ3) is 4.54. The fraction of sp³-hybridized carbons (Fsp3) is 0.308. The number of ether oxygens (including phenoxy) is 1. The van der Waals surface area contributed by atoms with Gasteiger partial charge in [-0.2, -0.15) is 0 Å². The summed E-state index contributed by atoms with van der Waals surface area (Å²) < 4.78 is 28.8. The van der Waals surface area contributed by atoms with E-state index < -0.39 is 15.8 Å². The Balaban J connectivity index is 2.60. The number of hydrogen-bond donors (Lipinski definition) is 1. The topological polar surface area (TPSA) is 80.7 Å². The van der Waals surface area contributed by atoms with Crippen LogP contribution >= 0.6 is 11.6 Å². The molecule has 0 fully saturated rings. The first kappa shape index (κ1) is 16.5. The minimum atomic E-state index is -3.53. The van der Waals surface area contributed by atoms with Crippen LogP contribution in [-0.2, 0) is 19.4 Å². The average molecular weight is 319 g/mol. The van der Waals surface area contributed by atoms with Crippen molar-refractivity contribution in [2.24, 2.45) is 0 Å². The van der Waals surface area contributed by atoms with Gasteiger partial charge in [0, 0.05) is 5.57 Å². The van der Waals surface area contributed by atoms with Crippen LogP contribution in [0.15, 0.2) is 35.2 Å². The van der Waals surface area contributed by atoms with E-state index in [1.54, 1.807) is 0 Å². The monoisotopic (exact) mass is 318 g/mol. The van der Waals surface area contributed by atoms with Crippen molar-refractivity contribution in [1.29, 1.82) is 0 Å². The highest BCUT2D eigenvalue weighted by Gasteiger charge is 2.16. The summed E-state index contributed by atoms with van der Waals surface area (Å²) in [5, 5.41) is 9.22. The van der Waals surface area contributed by atoms with Crippen molar-refractivity contribution in [3.05, 3.63) is 35.4 Å². The van der Waals surface area contributed by atoms with Gasteiger partial charge in [0.05, 0.1) is 22.3 Å². The number of aromatic hydroxyl groups is 1. The summed E-state index contributed by atoms with van der Waals surface area (Å²) in [6, 6.07) is 3.68. The molecule has 0 aliphatic rings. The average Bonchev–Trinajstić information content (AvgIpc) is 2.37. The van der Waals surface area contributed by atoms with Crippen LogP contribution in [0.5, 0.6) is 5.75 Å². The summed E-state index contributed by atoms with van der Waals surface area (Å²) in [4.78, 5) is 11.1. The second kappa shape index (κ2) is 6.76. The predicted octanol–water partition coefficient (Wildman–Crippen LogP) is 2.33. The summed E-state index contributed by atoms with van der Waals surface area (Å²) in [7, 11) is -3.53. The molecule has 0 saturated heterocycles. The number of halogens is 1. The molecule has 7 heteroatoms. The lowest BCUT2D eigenvalue weighted by molar-refractivity contribution is -0.138. The Morgan fingerprint density at radius 1 is 1.45 bits per heavy atom. The molecule has 20 heavy (non-hydrogen) atoms. The smallest absolute Gasteiger partial charge is 0.333 e. The molecule has 1 N–H and O–H groups in total. The molecule has 0 aliphatic carbocycles. The second-order valence-electron chi connectivity index (χ2n) is 4.20. The number of phenolic OH excluding ortho intramolecular Hbond substituents is 1. The molecule has 0 aliphatic heterocycles. The van der Waals surface area contributed by atoms with Crippen LogP contribution in [0.3, 0.4) is 0 Å². The Morgan fingerprint density at radius 3 is 2.65 bits per heavy atom. The lowest BCUT2D eigenvalue weighted by atomic mass is 10.3. The molecule has 0 unspecified atom stereocenters. The summed E-state index contributed by atoms with van der Waals surface area (Å²) in [6.45, 7) is 4.93. The molecule has 0 radical (unpaired) electrons. The van der Waals surface area contributed by atoms with Crippen LogP contribution in [0.4, 0.5) is 0 Å². The lowest BCUT2D eigenvalue weighted by Crippen LogP contribution is -2.12. The highest BCUT2D eigenvalue weighted by Crippen LogP contribution is 2.26. The molecule has 0 heterocycles. The van der Waals surface area contributed by atoms with E-state index in [0.717, 1.165) is 0 Å². The van der Waals surface area contributed by atoms with E-state index in [9.17, 15) is 18.3 Å². The fourth-order valence-corrected chi connectivity index (χ4v) is 2.89. The first-order valence-electron chi connectivity index (χ1n) is 5.78. The van der Waals surface area contributed by atoms with Crippen LogP contribution in [0.25, 0.3) is 0 Å². The van der Waals surface area contributed by atoms with Gasteiger partial charge < -0.3 is 9.84 Å². The Bertz CT molecular complexity index is 622. The van der Waals surface area contributed by atoms with Gasteiger partial charge in [-0.1, -0.05) is 18.2 Å². The summed E-state index contributed by atoms with van der Waals surface area (Å²) >= 11 is 5.66. The zero-order valence-corrected chi connectivity index (χ0v) is 12.5. The Morgan fingerprint density at radius 2 is 2.10 bits per heavy atom. The van der Waals surface area contributed by atoms with E-state index in [4.69, 9.17) is 16.3 Å². The van der Waals surface area contributed by atoms with Crippen LogP contribution in [-0.4, -0.2) is 31.9 Å². The number of sulfone groups is 1. The largest absolute Gasteiger partial charge is 0.506 e. The molecule has 1 rings (SSSR count). The molecule has 0 amide bonds. The number of carbonyl (C=O) groups excluding carboxylic acids is 1. The molecular formula is C13H15ClO5S. The normalized spacial score (nSPS) is 11.1. The van der Waals surface area contributed by atoms with Crippen molar-refractivity contribution >= 4 is 27.4 Å². The molecule has 110 valence electrons.